The smallest absolute Gasteiger partial charge is 0.294 e. The fourth-order valence-corrected chi connectivity index (χ4v) is 4.87. The van der Waals surface area contributed by atoms with E-state index in [2.05, 4.69) is 26.6 Å². The summed E-state index contributed by atoms with van der Waals surface area (Å²) in [5, 5.41) is 4.65. The summed E-state index contributed by atoms with van der Waals surface area (Å²) < 4.78 is 29.6. The molecule has 2 N–H and O–H groups in total. The molecule has 3 aromatic rings. The Morgan fingerprint density at radius 3 is 2.20 bits per heavy atom. The molecule has 212 valence electrons. The van der Waals surface area contributed by atoms with E-state index in [4.69, 9.17) is 14.2 Å². The summed E-state index contributed by atoms with van der Waals surface area (Å²) in [6.45, 7) is -0.803. The van der Waals surface area contributed by atoms with Crippen molar-refractivity contribution in [1.29, 1.82) is 0 Å². The lowest BCUT2D eigenvalue weighted by molar-refractivity contribution is -0.127. The molecule has 4 amide bonds. The van der Waals surface area contributed by atoms with E-state index in [0.29, 0.717) is 38.9 Å². The lowest BCUT2D eigenvalue weighted by Gasteiger charge is -2.13. The first-order valence-corrected chi connectivity index (χ1v) is 13.5. The summed E-state index contributed by atoms with van der Waals surface area (Å²) in [4.78, 5) is 51.2. The molecular formula is C28H23BrFN3O7S. The maximum Gasteiger partial charge on any atom is 0.294 e. The van der Waals surface area contributed by atoms with Gasteiger partial charge in [0.2, 0.25) is 5.91 Å². The van der Waals surface area contributed by atoms with Crippen LogP contribution < -0.4 is 24.8 Å². The number of hydrogen-bond donors (Lipinski definition) is 2. The summed E-state index contributed by atoms with van der Waals surface area (Å²) in [6, 6.07) is 15.0. The number of hydrogen-bond acceptors (Lipinski definition) is 8. The highest BCUT2D eigenvalue weighted by Gasteiger charge is 2.36. The predicted molar refractivity (Wildman–Crippen MR) is 156 cm³/mol. The van der Waals surface area contributed by atoms with Crippen molar-refractivity contribution in [3.8, 4) is 17.2 Å². The first-order chi connectivity index (χ1) is 19.7. The van der Waals surface area contributed by atoms with E-state index in [0.717, 1.165) is 4.90 Å². The number of imide groups is 1. The Bertz CT molecular complexity index is 1510. The summed E-state index contributed by atoms with van der Waals surface area (Å²) in [7, 11) is 2.94. The average molecular weight is 644 g/mol. The number of halogens is 2. The van der Waals surface area contributed by atoms with Crippen LogP contribution in [0, 0.1) is 5.82 Å². The Hall–Kier alpha value is -4.36. The van der Waals surface area contributed by atoms with Crippen molar-refractivity contribution in [3.05, 3.63) is 81.4 Å². The average Bonchev–Trinajstić information content (AvgIpc) is 3.21. The van der Waals surface area contributed by atoms with Gasteiger partial charge in [0.15, 0.2) is 18.1 Å². The Balaban J connectivity index is 1.40. The van der Waals surface area contributed by atoms with Crippen LogP contribution in [0.5, 0.6) is 17.2 Å². The van der Waals surface area contributed by atoms with Gasteiger partial charge in [-0.25, -0.2) is 4.39 Å². The normalized spacial score (nSPS) is 13.8. The maximum atomic E-state index is 13.1. The van der Waals surface area contributed by atoms with E-state index < -0.39 is 35.3 Å². The van der Waals surface area contributed by atoms with Crippen LogP contribution in [0.2, 0.25) is 0 Å². The predicted octanol–water partition coefficient (Wildman–Crippen LogP) is 5.30. The second-order valence-corrected chi connectivity index (χ2v) is 10.3. The monoisotopic (exact) mass is 643 g/mol. The minimum atomic E-state index is -0.617. The van der Waals surface area contributed by atoms with Crippen molar-refractivity contribution in [2.45, 2.75) is 0 Å². The molecule has 13 heteroatoms. The van der Waals surface area contributed by atoms with Crippen molar-refractivity contribution in [2.24, 2.45) is 0 Å². The summed E-state index contributed by atoms with van der Waals surface area (Å²) in [5.41, 5.74) is 1.40. The highest BCUT2D eigenvalue weighted by Crippen LogP contribution is 2.38. The Labute approximate surface area is 247 Å². The van der Waals surface area contributed by atoms with Crippen LogP contribution in [0.3, 0.4) is 0 Å². The number of carbonyl (C=O) groups excluding carboxylic acids is 4. The van der Waals surface area contributed by atoms with Gasteiger partial charge >= 0.3 is 0 Å². The molecule has 1 fully saturated rings. The molecule has 1 heterocycles. The maximum absolute atomic E-state index is 13.1. The number of benzene rings is 3. The molecule has 0 aliphatic carbocycles. The van der Waals surface area contributed by atoms with Gasteiger partial charge in [0, 0.05) is 15.8 Å². The van der Waals surface area contributed by atoms with E-state index in [1.165, 1.54) is 44.6 Å². The summed E-state index contributed by atoms with van der Waals surface area (Å²) >= 11 is 4.12. The topological polar surface area (TPSA) is 123 Å². The standard InChI is InChI=1S/C28H23BrFN3O7S/c1-38-20-9-7-19(8-10-20)31-25(34)14-33-27(36)24(41-28(33)37)12-16-11-22(39-2)23(13-21(16)29)40-15-26(35)32-18-5-3-17(30)4-6-18/h3-13H,14-15H2,1-2H3,(H,31,34)(H,32,35)/b24-12+. The van der Waals surface area contributed by atoms with Gasteiger partial charge in [-0.3, -0.25) is 24.1 Å². The molecule has 3 aromatic carbocycles. The molecule has 0 spiro atoms. The first kappa shape index (κ1) is 29.6. The zero-order chi connectivity index (χ0) is 29.5. The van der Waals surface area contributed by atoms with E-state index >= 15 is 0 Å². The highest BCUT2D eigenvalue weighted by molar-refractivity contribution is 9.10. The van der Waals surface area contributed by atoms with Crippen LogP contribution in [0.25, 0.3) is 6.08 Å². The van der Waals surface area contributed by atoms with Crippen LogP contribution in [0.4, 0.5) is 20.6 Å². The third-order valence-electron chi connectivity index (χ3n) is 5.61. The molecule has 0 bridgehead atoms. The van der Waals surface area contributed by atoms with Gasteiger partial charge < -0.3 is 24.8 Å². The fourth-order valence-electron chi connectivity index (χ4n) is 3.60. The number of amides is 4. The largest absolute Gasteiger partial charge is 0.497 e. The lowest BCUT2D eigenvalue weighted by Crippen LogP contribution is -2.36. The number of thioether (sulfide) groups is 1. The van der Waals surface area contributed by atoms with Gasteiger partial charge in [-0.1, -0.05) is 15.9 Å². The van der Waals surface area contributed by atoms with Crippen LogP contribution in [0.1, 0.15) is 5.56 Å². The van der Waals surface area contributed by atoms with E-state index in [1.54, 1.807) is 36.4 Å². The SMILES string of the molecule is COc1ccc(NC(=O)CN2C(=O)S/C(=C/c3cc(OC)c(OCC(=O)Nc4ccc(F)cc4)cc3Br)C2=O)cc1. The molecule has 1 aliphatic rings. The number of nitrogens with one attached hydrogen (secondary N) is 2. The number of methoxy groups -OCH3 is 2. The molecule has 0 atom stereocenters. The number of carbonyl (C=O) groups is 4. The molecule has 1 aliphatic heterocycles. The Kier molecular flexibility index (Phi) is 9.63. The van der Waals surface area contributed by atoms with Crippen molar-refractivity contribution in [2.75, 3.05) is 38.0 Å². The van der Waals surface area contributed by atoms with Crippen LogP contribution in [0.15, 0.2) is 70.0 Å². The third-order valence-corrected chi connectivity index (χ3v) is 7.20. The molecule has 10 nitrogen and oxygen atoms in total. The van der Waals surface area contributed by atoms with Crippen molar-refractivity contribution < 1.29 is 37.8 Å². The van der Waals surface area contributed by atoms with Gasteiger partial charge in [-0.2, -0.15) is 0 Å². The zero-order valence-corrected chi connectivity index (χ0v) is 24.1. The quantitative estimate of drug-likeness (QED) is 0.285. The van der Waals surface area contributed by atoms with Gasteiger partial charge in [0.05, 0.1) is 19.1 Å². The van der Waals surface area contributed by atoms with Crippen LogP contribution in [-0.2, 0) is 14.4 Å². The molecule has 1 saturated heterocycles. The van der Waals surface area contributed by atoms with Gasteiger partial charge in [0.1, 0.15) is 18.1 Å². The van der Waals surface area contributed by atoms with E-state index in [1.807, 2.05) is 0 Å². The van der Waals surface area contributed by atoms with E-state index in [-0.39, 0.29) is 23.0 Å². The summed E-state index contributed by atoms with van der Waals surface area (Å²) in [5.74, 6) is -0.910. The molecule has 4 rings (SSSR count). The van der Waals surface area contributed by atoms with Crippen molar-refractivity contribution in [3.63, 3.8) is 0 Å². The molecule has 0 unspecified atom stereocenters. The van der Waals surface area contributed by atoms with E-state index in [9.17, 15) is 23.6 Å². The summed E-state index contributed by atoms with van der Waals surface area (Å²) in [6.07, 6.45) is 1.49. The van der Waals surface area contributed by atoms with Gasteiger partial charge in [0.25, 0.3) is 17.1 Å². The zero-order valence-electron chi connectivity index (χ0n) is 21.7. The molecule has 0 saturated carbocycles. The second kappa shape index (κ2) is 13.3. The molecule has 0 aromatic heterocycles. The van der Waals surface area contributed by atoms with Crippen molar-refractivity contribution >= 4 is 68.1 Å². The minimum absolute atomic E-state index is 0.113. The fraction of sp³-hybridized carbons (Fsp3) is 0.143. The first-order valence-electron chi connectivity index (χ1n) is 11.9. The van der Waals surface area contributed by atoms with Gasteiger partial charge in [-0.15, -0.1) is 0 Å². The molecule has 41 heavy (non-hydrogen) atoms. The Morgan fingerprint density at radius 1 is 0.927 bits per heavy atom. The number of rotatable bonds is 10. The van der Waals surface area contributed by atoms with Gasteiger partial charge in [-0.05, 0) is 84.1 Å². The highest BCUT2D eigenvalue weighted by atomic mass is 79.9. The van der Waals surface area contributed by atoms with Crippen LogP contribution >= 0.6 is 27.7 Å². The second-order valence-electron chi connectivity index (χ2n) is 8.41. The number of nitrogens with zero attached hydrogens (tertiary/aromatic N) is 1. The molecular weight excluding hydrogens is 621 g/mol. The van der Waals surface area contributed by atoms with Crippen molar-refractivity contribution in [1.82, 2.24) is 4.90 Å². The molecule has 0 radical (unpaired) electrons. The third kappa shape index (κ3) is 7.64. The number of anilines is 2. The number of ether oxygens (including phenoxy) is 3. The van der Waals surface area contributed by atoms with Crippen LogP contribution in [-0.4, -0.2) is 55.2 Å². The lowest BCUT2D eigenvalue weighted by atomic mass is 10.2. The minimum Gasteiger partial charge on any atom is -0.497 e. The Morgan fingerprint density at radius 2 is 1.56 bits per heavy atom.